The molecule has 8 nitrogen and oxygen atoms in total. The second kappa shape index (κ2) is 9.92. The molecule has 0 amide bonds. The van der Waals surface area contributed by atoms with Crippen LogP contribution in [0, 0.1) is 6.92 Å². The second-order valence-corrected chi connectivity index (χ2v) is 6.33. The number of rotatable bonds is 5. The lowest BCUT2D eigenvalue weighted by molar-refractivity contribution is -0.165. The minimum absolute atomic E-state index is 0.966. The Hall–Kier alpha value is -2.23. The van der Waals surface area contributed by atoms with E-state index in [-0.39, 0.29) is 0 Å². The van der Waals surface area contributed by atoms with Crippen molar-refractivity contribution in [3.05, 3.63) is 28.0 Å². The Labute approximate surface area is 149 Å². The Morgan fingerprint density at radius 3 is 2.28 bits per heavy atom. The maximum atomic E-state index is 9.77. The summed E-state index contributed by atoms with van der Waals surface area (Å²) in [6.45, 7) is 4.22. The number of hydrogen-bond acceptors (Lipinski definition) is 7. The Morgan fingerprint density at radius 1 is 1.24 bits per heavy atom. The quantitative estimate of drug-likeness (QED) is 0.599. The van der Waals surface area contributed by atoms with Gasteiger partial charge in [0.05, 0.1) is 0 Å². The molecule has 0 radical (unpaired) electrons. The highest BCUT2D eigenvalue weighted by molar-refractivity contribution is 7.11. The third-order valence-corrected chi connectivity index (χ3v) is 4.39. The molecule has 0 bridgehead atoms. The molecule has 0 saturated heterocycles. The first kappa shape index (κ1) is 20.8. The molecule has 0 spiro atoms. The van der Waals surface area contributed by atoms with Crippen molar-refractivity contribution < 1.29 is 30.0 Å². The predicted octanol–water partition coefficient (Wildman–Crippen LogP) is 0.681. The number of aliphatic carboxylic acids is 2. The molecule has 2 heterocycles. The molecule has 4 N–H and O–H groups in total. The summed E-state index contributed by atoms with van der Waals surface area (Å²) < 4.78 is 0. The lowest BCUT2D eigenvalue weighted by Gasteiger charge is -2.22. The van der Waals surface area contributed by atoms with Gasteiger partial charge in [-0.3, -0.25) is 4.99 Å². The van der Waals surface area contributed by atoms with E-state index in [1.54, 1.807) is 11.3 Å². The third kappa shape index (κ3) is 6.65. The van der Waals surface area contributed by atoms with Crippen molar-refractivity contribution >= 4 is 35.2 Å². The normalized spacial score (nSPS) is 16.6. The van der Waals surface area contributed by atoms with Crippen LogP contribution in [0.2, 0.25) is 0 Å². The van der Waals surface area contributed by atoms with E-state index in [4.69, 9.17) is 20.4 Å². The van der Waals surface area contributed by atoms with Crippen LogP contribution in [-0.2, 0) is 9.59 Å². The standard InChI is InChI=1S/C12H16N2S.C4H6O6/c1-10-6-9-15-11(10)4-5-12-13-7-3-8-14(12)2;5-1(3(7)8)2(6)4(9)10/h4-6,9H,3,7-8H2,1-2H3;1-2,5-6H,(H,7,8)(H,9,10)/b5-4-;. The Bertz CT molecular complexity index is 637. The zero-order chi connectivity index (χ0) is 19.0. The third-order valence-electron chi connectivity index (χ3n) is 3.41. The van der Waals surface area contributed by atoms with Crippen LogP contribution in [0.3, 0.4) is 0 Å². The van der Waals surface area contributed by atoms with Gasteiger partial charge in [0, 0.05) is 25.0 Å². The number of aliphatic hydroxyl groups excluding tert-OH is 2. The number of amidine groups is 1. The van der Waals surface area contributed by atoms with Crippen LogP contribution in [-0.4, -0.2) is 75.4 Å². The molecule has 0 fully saturated rings. The monoisotopic (exact) mass is 370 g/mol. The van der Waals surface area contributed by atoms with E-state index in [1.807, 2.05) is 0 Å². The van der Waals surface area contributed by atoms with Crippen LogP contribution in [0.4, 0.5) is 0 Å². The number of hydrogen-bond donors (Lipinski definition) is 4. The maximum Gasteiger partial charge on any atom is 0.335 e. The Morgan fingerprint density at radius 2 is 1.84 bits per heavy atom. The van der Waals surface area contributed by atoms with Gasteiger partial charge >= 0.3 is 11.9 Å². The highest BCUT2D eigenvalue weighted by atomic mass is 32.1. The molecule has 0 saturated carbocycles. The first-order valence-corrected chi connectivity index (χ1v) is 8.41. The highest BCUT2D eigenvalue weighted by Crippen LogP contribution is 2.17. The lowest BCUT2D eigenvalue weighted by Crippen LogP contribution is -2.39. The summed E-state index contributed by atoms with van der Waals surface area (Å²) in [5, 5.41) is 34.7. The summed E-state index contributed by atoms with van der Waals surface area (Å²) >= 11 is 1.78. The van der Waals surface area contributed by atoms with Gasteiger partial charge in [-0.1, -0.05) is 0 Å². The maximum absolute atomic E-state index is 9.77. The fourth-order valence-corrected chi connectivity index (χ4v) is 2.71. The SMILES string of the molecule is Cc1ccsc1/C=C\C1=NCCCN1C.O=C(O)C(O)C(O)C(=O)O. The van der Waals surface area contributed by atoms with Crippen molar-refractivity contribution in [1.82, 2.24) is 4.90 Å². The minimum Gasteiger partial charge on any atom is -0.479 e. The van der Waals surface area contributed by atoms with Crippen LogP contribution in [0.1, 0.15) is 16.9 Å². The zero-order valence-electron chi connectivity index (χ0n) is 14.0. The van der Waals surface area contributed by atoms with Crippen molar-refractivity contribution in [2.24, 2.45) is 4.99 Å². The van der Waals surface area contributed by atoms with Crippen LogP contribution in [0.5, 0.6) is 0 Å². The molecule has 1 aliphatic rings. The summed E-state index contributed by atoms with van der Waals surface area (Å²) in [7, 11) is 2.10. The summed E-state index contributed by atoms with van der Waals surface area (Å²) in [5.74, 6) is -2.43. The van der Waals surface area contributed by atoms with Gasteiger partial charge < -0.3 is 25.3 Å². The van der Waals surface area contributed by atoms with Crippen molar-refractivity contribution in [3.8, 4) is 0 Å². The van der Waals surface area contributed by atoms with Gasteiger partial charge in [0.15, 0.2) is 12.2 Å². The Balaban J connectivity index is 0.000000275. The number of aliphatic hydroxyl groups is 2. The topological polar surface area (TPSA) is 131 Å². The number of aryl methyl sites for hydroxylation is 1. The number of carbonyl (C=O) groups is 2. The molecule has 1 aromatic rings. The lowest BCUT2D eigenvalue weighted by atomic mass is 10.2. The van der Waals surface area contributed by atoms with E-state index in [0.29, 0.717) is 0 Å². The van der Waals surface area contributed by atoms with Crippen molar-refractivity contribution in [3.63, 3.8) is 0 Å². The molecule has 2 atom stereocenters. The molecule has 0 aromatic carbocycles. The van der Waals surface area contributed by atoms with Gasteiger partial charge in [-0.2, -0.15) is 0 Å². The molecular weight excluding hydrogens is 348 g/mol. The fraction of sp³-hybridized carbons (Fsp3) is 0.438. The van der Waals surface area contributed by atoms with E-state index >= 15 is 0 Å². The summed E-state index contributed by atoms with van der Waals surface area (Å²) in [6, 6.07) is 2.15. The van der Waals surface area contributed by atoms with Gasteiger partial charge in [-0.05, 0) is 42.5 Å². The molecular formula is C16H22N2O6S. The molecule has 25 heavy (non-hydrogen) atoms. The molecule has 9 heteroatoms. The van der Waals surface area contributed by atoms with E-state index in [1.165, 1.54) is 16.9 Å². The average Bonchev–Trinajstić information content (AvgIpc) is 2.98. The first-order chi connectivity index (χ1) is 11.7. The number of thiophene rings is 1. The number of likely N-dealkylation sites (N-methyl/N-ethyl adjacent to an activating group) is 1. The van der Waals surface area contributed by atoms with E-state index in [0.717, 1.165) is 18.9 Å². The second-order valence-electron chi connectivity index (χ2n) is 5.38. The predicted molar refractivity (Wildman–Crippen MR) is 94.9 cm³/mol. The molecule has 0 aliphatic carbocycles. The van der Waals surface area contributed by atoms with Crippen molar-refractivity contribution in [2.75, 3.05) is 20.1 Å². The highest BCUT2D eigenvalue weighted by Gasteiger charge is 2.29. The number of nitrogens with zero attached hydrogens (tertiary/aromatic N) is 2. The van der Waals surface area contributed by atoms with E-state index in [2.05, 4.69) is 47.5 Å². The van der Waals surface area contributed by atoms with Gasteiger partial charge in [-0.15, -0.1) is 11.3 Å². The van der Waals surface area contributed by atoms with Crippen molar-refractivity contribution in [1.29, 1.82) is 0 Å². The van der Waals surface area contributed by atoms with Crippen LogP contribution in [0.25, 0.3) is 6.08 Å². The molecule has 2 unspecified atom stereocenters. The largest absolute Gasteiger partial charge is 0.479 e. The van der Waals surface area contributed by atoms with E-state index < -0.39 is 24.1 Å². The fourth-order valence-electron chi connectivity index (χ4n) is 1.89. The van der Waals surface area contributed by atoms with Crippen LogP contribution >= 0.6 is 11.3 Å². The molecule has 1 aromatic heterocycles. The summed E-state index contributed by atoms with van der Waals surface area (Å²) in [4.78, 5) is 27.6. The number of carboxylic acids is 2. The number of aliphatic imine (C=N–C) groups is 1. The summed E-state index contributed by atoms with van der Waals surface area (Å²) in [6.07, 6.45) is 0.930. The van der Waals surface area contributed by atoms with Crippen molar-refractivity contribution in [2.45, 2.75) is 25.6 Å². The smallest absolute Gasteiger partial charge is 0.335 e. The van der Waals surface area contributed by atoms with Gasteiger partial charge in [0.2, 0.25) is 0 Å². The van der Waals surface area contributed by atoms with Crippen LogP contribution in [0.15, 0.2) is 22.5 Å². The van der Waals surface area contributed by atoms with E-state index in [9.17, 15) is 9.59 Å². The zero-order valence-corrected chi connectivity index (χ0v) is 14.8. The molecule has 2 rings (SSSR count). The van der Waals surface area contributed by atoms with Gasteiger partial charge in [-0.25, -0.2) is 9.59 Å². The first-order valence-electron chi connectivity index (χ1n) is 7.53. The van der Waals surface area contributed by atoms with Gasteiger partial charge in [0.25, 0.3) is 0 Å². The molecule has 1 aliphatic heterocycles. The van der Waals surface area contributed by atoms with Gasteiger partial charge in [0.1, 0.15) is 5.84 Å². The average molecular weight is 370 g/mol. The summed E-state index contributed by atoms with van der Waals surface area (Å²) in [5.41, 5.74) is 1.34. The minimum atomic E-state index is -2.27. The molecule has 138 valence electrons. The number of carboxylic acid groups (broad SMARTS) is 2. The van der Waals surface area contributed by atoms with Crippen LogP contribution < -0.4 is 0 Å². The Kier molecular flexibility index (Phi) is 8.26.